The number of anilines is 2. The van der Waals surface area contributed by atoms with Crippen molar-refractivity contribution in [2.45, 2.75) is 51.5 Å². The molecule has 29 heavy (non-hydrogen) atoms. The summed E-state index contributed by atoms with van der Waals surface area (Å²) in [4.78, 5) is 36.1. The third kappa shape index (κ3) is 6.17. The lowest BCUT2D eigenvalue weighted by Gasteiger charge is -2.16. The Kier molecular flexibility index (Phi) is 7.00. The Morgan fingerprint density at radius 3 is 1.90 bits per heavy atom. The monoisotopic (exact) mass is 393 g/mol. The molecule has 0 atom stereocenters. The van der Waals surface area contributed by atoms with E-state index in [2.05, 4.69) is 16.0 Å². The standard InChI is InChI=1S/C23H27N3O3/c1-16(27)24-20-9-6-10-21(15-20)26-23(29)18-13-11-17(12-14-18)22(28)25-19-7-4-2-3-5-8-19/h6,9-15,19H,2-5,7-8H2,1H3,(H,24,27)(H,25,28)(H,26,29). The molecule has 3 N–H and O–H groups in total. The van der Waals surface area contributed by atoms with E-state index in [1.54, 1.807) is 48.5 Å². The molecule has 0 aliphatic heterocycles. The molecule has 0 heterocycles. The third-order valence-corrected chi connectivity index (χ3v) is 5.04. The highest BCUT2D eigenvalue weighted by atomic mass is 16.2. The molecule has 6 heteroatoms. The maximum atomic E-state index is 12.5. The maximum Gasteiger partial charge on any atom is 0.255 e. The first-order valence-electron chi connectivity index (χ1n) is 10.1. The van der Waals surface area contributed by atoms with E-state index in [0.717, 1.165) is 25.7 Å². The zero-order valence-electron chi connectivity index (χ0n) is 16.7. The second-order valence-electron chi connectivity index (χ2n) is 7.46. The molecule has 1 fully saturated rings. The van der Waals surface area contributed by atoms with E-state index < -0.39 is 0 Å². The molecule has 2 aromatic carbocycles. The van der Waals surface area contributed by atoms with Crippen molar-refractivity contribution >= 4 is 29.1 Å². The predicted octanol–water partition coefficient (Wildman–Crippen LogP) is 4.35. The Morgan fingerprint density at radius 2 is 1.31 bits per heavy atom. The van der Waals surface area contributed by atoms with Crippen LogP contribution in [0.1, 0.15) is 66.2 Å². The van der Waals surface area contributed by atoms with Crippen molar-refractivity contribution in [3.05, 3.63) is 59.7 Å². The number of carbonyl (C=O) groups is 3. The average molecular weight is 393 g/mol. The van der Waals surface area contributed by atoms with Gasteiger partial charge in [0.05, 0.1) is 0 Å². The van der Waals surface area contributed by atoms with Crippen LogP contribution in [0.4, 0.5) is 11.4 Å². The minimum Gasteiger partial charge on any atom is -0.349 e. The maximum absolute atomic E-state index is 12.5. The first kappa shape index (κ1) is 20.6. The number of hydrogen-bond acceptors (Lipinski definition) is 3. The Balaban J connectivity index is 1.59. The average Bonchev–Trinajstić information content (AvgIpc) is 2.96. The van der Waals surface area contributed by atoms with E-state index in [-0.39, 0.29) is 23.8 Å². The fourth-order valence-electron chi connectivity index (χ4n) is 3.55. The quantitative estimate of drug-likeness (QED) is 0.660. The van der Waals surface area contributed by atoms with Crippen molar-refractivity contribution in [3.8, 4) is 0 Å². The lowest BCUT2D eigenvalue weighted by molar-refractivity contribution is -0.114. The summed E-state index contributed by atoms with van der Waals surface area (Å²) < 4.78 is 0. The number of carbonyl (C=O) groups excluding carboxylic acids is 3. The SMILES string of the molecule is CC(=O)Nc1cccc(NC(=O)c2ccc(C(=O)NC3CCCCCC3)cc2)c1. The number of hydrogen-bond donors (Lipinski definition) is 3. The Hall–Kier alpha value is -3.15. The van der Waals surface area contributed by atoms with Crippen LogP contribution >= 0.6 is 0 Å². The molecule has 3 amide bonds. The summed E-state index contributed by atoms with van der Waals surface area (Å²) in [7, 11) is 0. The molecular weight excluding hydrogens is 366 g/mol. The summed E-state index contributed by atoms with van der Waals surface area (Å²) in [6.45, 7) is 1.43. The lowest BCUT2D eigenvalue weighted by Crippen LogP contribution is -2.34. The molecule has 0 saturated heterocycles. The zero-order valence-corrected chi connectivity index (χ0v) is 16.7. The Morgan fingerprint density at radius 1 is 0.759 bits per heavy atom. The van der Waals surface area contributed by atoms with Gasteiger partial charge in [-0.2, -0.15) is 0 Å². The molecule has 1 aliphatic rings. The molecule has 0 bridgehead atoms. The van der Waals surface area contributed by atoms with Crippen molar-refractivity contribution in [3.63, 3.8) is 0 Å². The Labute approximate surface area is 171 Å². The first-order valence-corrected chi connectivity index (χ1v) is 10.1. The molecular formula is C23H27N3O3. The lowest BCUT2D eigenvalue weighted by atomic mass is 10.1. The summed E-state index contributed by atoms with van der Waals surface area (Å²) >= 11 is 0. The van der Waals surface area contributed by atoms with E-state index >= 15 is 0 Å². The van der Waals surface area contributed by atoms with Crippen molar-refractivity contribution in [2.24, 2.45) is 0 Å². The van der Waals surface area contributed by atoms with Crippen molar-refractivity contribution in [1.29, 1.82) is 0 Å². The molecule has 1 aliphatic carbocycles. The van der Waals surface area contributed by atoms with Gasteiger partial charge >= 0.3 is 0 Å². The van der Waals surface area contributed by atoms with Gasteiger partial charge in [-0.3, -0.25) is 14.4 Å². The Bertz CT molecular complexity index is 869. The molecule has 3 rings (SSSR count). The summed E-state index contributed by atoms with van der Waals surface area (Å²) in [5.41, 5.74) is 2.21. The topological polar surface area (TPSA) is 87.3 Å². The van der Waals surface area contributed by atoms with Crippen LogP contribution in [0.15, 0.2) is 48.5 Å². The van der Waals surface area contributed by atoms with E-state index in [1.807, 2.05) is 0 Å². The largest absolute Gasteiger partial charge is 0.349 e. The molecule has 6 nitrogen and oxygen atoms in total. The van der Waals surface area contributed by atoms with Gasteiger partial charge in [0.1, 0.15) is 0 Å². The molecule has 0 spiro atoms. The van der Waals surface area contributed by atoms with Crippen LogP contribution in [0.2, 0.25) is 0 Å². The van der Waals surface area contributed by atoms with E-state index in [9.17, 15) is 14.4 Å². The number of rotatable bonds is 5. The van der Waals surface area contributed by atoms with Gasteiger partial charge in [0.25, 0.3) is 11.8 Å². The normalized spacial score (nSPS) is 14.5. The van der Waals surface area contributed by atoms with Crippen LogP contribution in [0.3, 0.4) is 0 Å². The highest BCUT2D eigenvalue weighted by Gasteiger charge is 2.16. The number of amides is 3. The molecule has 2 aromatic rings. The second kappa shape index (κ2) is 9.87. The van der Waals surface area contributed by atoms with Crippen molar-refractivity contribution in [1.82, 2.24) is 5.32 Å². The van der Waals surface area contributed by atoms with Crippen LogP contribution < -0.4 is 16.0 Å². The minimum atomic E-state index is -0.277. The van der Waals surface area contributed by atoms with Crippen LogP contribution in [0.5, 0.6) is 0 Å². The van der Waals surface area contributed by atoms with Gasteiger partial charge < -0.3 is 16.0 Å². The van der Waals surface area contributed by atoms with Crippen LogP contribution in [-0.2, 0) is 4.79 Å². The summed E-state index contributed by atoms with van der Waals surface area (Å²) in [6.07, 6.45) is 6.86. The van der Waals surface area contributed by atoms with Crippen molar-refractivity contribution in [2.75, 3.05) is 10.6 Å². The van der Waals surface area contributed by atoms with E-state index in [4.69, 9.17) is 0 Å². The van der Waals surface area contributed by atoms with Gasteiger partial charge in [-0.1, -0.05) is 31.7 Å². The fourth-order valence-corrected chi connectivity index (χ4v) is 3.55. The van der Waals surface area contributed by atoms with Gasteiger partial charge in [-0.15, -0.1) is 0 Å². The zero-order chi connectivity index (χ0) is 20.6. The summed E-state index contributed by atoms with van der Waals surface area (Å²) in [5.74, 6) is -0.543. The summed E-state index contributed by atoms with van der Waals surface area (Å²) in [5, 5.41) is 8.59. The third-order valence-electron chi connectivity index (χ3n) is 5.04. The van der Waals surface area contributed by atoms with Crippen LogP contribution in [0.25, 0.3) is 0 Å². The molecule has 0 aromatic heterocycles. The van der Waals surface area contributed by atoms with Gasteiger partial charge in [0.15, 0.2) is 0 Å². The smallest absolute Gasteiger partial charge is 0.255 e. The molecule has 0 unspecified atom stereocenters. The molecule has 0 radical (unpaired) electrons. The van der Waals surface area contributed by atoms with Crippen LogP contribution in [0, 0.1) is 0 Å². The minimum absolute atomic E-state index is 0.0909. The van der Waals surface area contributed by atoms with Gasteiger partial charge in [0, 0.05) is 35.5 Å². The second-order valence-corrected chi connectivity index (χ2v) is 7.46. The molecule has 1 saturated carbocycles. The summed E-state index contributed by atoms with van der Waals surface area (Å²) in [6, 6.07) is 13.8. The highest BCUT2D eigenvalue weighted by molar-refractivity contribution is 6.05. The van der Waals surface area contributed by atoms with Gasteiger partial charge in [0.2, 0.25) is 5.91 Å². The van der Waals surface area contributed by atoms with Crippen LogP contribution in [-0.4, -0.2) is 23.8 Å². The first-order chi connectivity index (χ1) is 14.0. The highest BCUT2D eigenvalue weighted by Crippen LogP contribution is 2.18. The number of nitrogens with one attached hydrogen (secondary N) is 3. The van der Waals surface area contributed by atoms with E-state index in [0.29, 0.717) is 22.5 Å². The molecule has 152 valence electrons. The van der Waals surface area contributed by atoms with Crippen molar-refractivity contribution < 1.29 is 14.4 Å². The van der Waals surface area contributed by atoms with Gasteiger partial charge in [-0.05, 0) is 55.3 Å². The predicted molar refractivity (Wildman–Crippen MR) is 114 cm³/mol. The van der Waals surface area contributed by atoms with Gasteiger partial charge in [-0.25, -0.2) is 0 Å². The number of benzene rings is 2. The van der Waals surface area contributed by atoms with E-state index in [1.165, 1.54) is 19.8 Å². The fraction of sp³-hybridized carbons (Fsp3) is 0.348.